The first kappa shape index (κ1) is 19.7. The molecule has 0 saturated carbocycles. The number of thioether (sulfide) groups is 1. The minimum absolute atomic E-state index is 0.0624. The highest BCUT2D eigenvalue weighted by Crippen LogP contribution is 2.35. The van der Waals surface area contributed by atoms with Gasteiger partial charge in [-0.3, -0.25) is 10.1 Å². The van der Waals surface area contributed by atoms with Crippen LogP contribution in [-0.2, 0) is 0 Å². The van der Waals surface area contributed by atoms with Crippen molar-refractivity contribution in [1.82, 2.24) is 4.90 Å². The Balaban J connectivity index is 2.37. The number of benzene rings is 1. The molecule has 0 N–H and O–H groups in total. The molecule has 0 aromatic heterocycles. The summed E-state index contributed by atoms with van der Waals surface area (Å²) in [5.74, 6) is 0.876. The van der Waals surface area contributed by atoms with Crippen molar-refractivity contribution in [2.24, 2.45) is 9.98 Å². The highest BCUT2D eigenvalue weighted by Gasteiger charge is 2.26. The van der Waals surface area contributed by atoms with Crippen molar-refractivity contribution in [3.05, 3.63) is 43.9 Å². The van der Waals surface area contributed by atoms with E-state index in [4.69, 9.17) is 4.99 Å². The monoisotopic (exact) mass is 424 g/mol. The largest absolute Gasteiger partial charge is 0.354 e. The molecule has 25 heavy (non-hydrogen) atoms. The van der Waals surface area contributed by atoms with E-state index in [0.717, 1.165) is 46.3 Å². The molecule has 1 aliphatic rings. The minimum Gasteiger partial charge on any atom is -0.354 e. The number of allylic oxidation sites excluding steroid dienone is 1. The molecule has 1 aliphatic heterocycles. The van der Waals surface area contributed by atoms with E-state index in [2.05, 4.69) is 39.7 Å². The van der Waals surface area contributed by atoms with Crippen LogP contribution in [0.15, 0.2) is 43.8 Å². The molecule has 0 amide bonds. The SMILES string of the molecule is CCCN(CCC)C1=N/C(=C(/C)Br)SC1=Nc1ccc([N+](=O)[O-])cc1. The van der Waals surface area contributed by atoms with E-state index >= 15 is 0 Å². The number of rotatable bonds is 6. The van der Waals surface area contributed by atoms with E-state index in [1.54, 1.807) is 12.1 Å². The van der Waals surface area contributed by atoms with Gasteiger partial charge >= 0.3 is 0 Å². The standard InChI is InChI=1S/C17H21BrN4O2S/c1-4-10-21(11-5-2)15-17(25-16(20-15)12(3)18)19-13-6-8-14(9-7-13)22(23)24/h6-9H,4-5,10-11H2,1-3H3/b16-12+,19-17?. The maximum absolute atomic E-state index is 10.8. The normalized spacial score (nSPS) is 17.6. The quantitative estimate of drug-likeness (QED) is 0.447. The van der Waals surface area contributed by atoms with Gasteiger partial charge < -0.3 is 4.90 Å². The number of aliphatic imine (C=N–C) groups is 2. The Morgan fingerprint density at radius 2 is 1.88 bits per heavy atom. The average Bonchev–Trinajstić information content (AvgIpc) is 2.99. The van der Waals surface area contributed by atoms with Gasteiger partial charge in [-0.2, -0.15) is 0 Å². The van der Waals surface area contributed by atoms with Crippen molar-refractivity contribution in [2.75, 3.05) is 13.1 Å². The lowest BCUT2D eigenvalue weighted by atomic mass is 10.3. The number of hydrogen-bond acceptors (Lipinski definition) is 6. The Kier molecular flexibility index (Phi) is 7.19. The zero-order valence-corrected chi connectivity index (χ0v) is 16.9. The topological polar surface area (TPSA) is 71.1 Å². The van der Waals surface area contributed by atoms with Crippen LogP contribution in [0.1, 0.15) is 33.6 Å². The smallest absolute Gasteiger partial charge is 0.269 e. The van der Waals surface area contributed by atoms with E-state index in [0.29, 0.717) is 5.69 Å². The van der Waals surface area contributed by atoms with Gasteiger partial charge in [0.05, 0.1) is 10.6 Å². The fourth-order valence-electron chi connectivity index (χ4n) is 2.36. The van der Waals surface area contributed by atoms with Crippen LogP contribution >= 0.6 is 27.7 Å². The summed E-state index contributed by atoms with van der Waals surface area (Å²) in [5.41, 5.74) is 0.745. The van der Waals surface area contributed by atoms with Crippen LogP contribution in [0, 0.1) is 10.1 Å². The lowest BCUT2D eigenvalue weighted by molar-refractivity contribution is -0.384. The van der Waals surface area contributed by atoms with Gasteiger partial charge in [0.1, 0.15) is 10.1 Å². The second-order valence-electron chi connectivity index (χ2n) is 5.55. The third kappa shape index (κ3) is 5.15. The number of nitro groups is 1. The molecule has 0 unspecified atom stereocenters. The molecule has 1 aromatic rings. The molecule has 0 bridgehead atoms. The second kappa shape index (κ2) is 9.15. The van der Waals surface area contributed by atoms with Gasteiger partial charge in [-0.05, 0) is 43.7 Å². The van der Waals surface area contributed by atoms with Gasteiger partial charge in [0.25, 0.3) is 5.69 Å². The molecule has 134 valence electrons. The van der Waals surface area contributed by atoms with Crippen molar-refractivity contribution >= 4 is 49.9 Å². The maximum Gasteiger partial charge on any atom is 0.269 e. The van der Waals surface area contributed by atoms with Crippen LogP contribution in [0.25, 0.3) is 0 Å². The van der Waals surface area contributed by atoms with E-state index < -0.39 is 4.92 Å². The minimum atomic E-state index is -0.409. The first-order valence-corrected chi connectivity index (χ1v) is 9.78. The molecule has 2 rings (SSSR count). The molecular formula is C17H21BrN4O2S. The van der Waals surface area contributed by atoms with Crippen LogP contribution in [0.4, 0.5) is 11.4 Å². The Morgan fingerprint density at radius 3 is 2.36 bits per heavy atom. The molecular weight excluding hydrogens is 404 g/mol. The molecule has 0 atom stereocenters. The summed E-state index contributed by atoms with van der Waals surface area (Å²) in [5, 5.41) is 12.5. The third-order valence-electron chi connectivity index (χ3n) is 3.46. The number of amidine groups is 1. The second-order valence-corrected chi connectivity index (χ2v) is 7.72. The highest BCUT2D eigenvalue weighted by molar-refractivity contribution is 9.11. The molecule has 0 fully saturated rings. The molecule has 0 saturated heterocycles. The van der Waals surface area contributed by atoms with Gasteiger partial charge in [-0.15, -0.1) is 0 Å². The number of non-ortho nitro benzene ring substituents is 1. The first-order valence-electron chi connectivity index (χ1n) is 8.17. The molecule has 0 aliphatic carbocycles. The molecule has 0 radical (unpaired) electrons. The van der Waals surface area contributed by atoms with Gasteiger partial charge in [-0.25, -0.2) is 9.98 Å². The Hall–Kier alpha value is -1.67. The summed E-state index contributed by atoms with van der Waals surface area (Å²) >= 11 is 5.01. The van der Waals surface area contributed by atoms with Crippen molar-refractivity contribution in [3.8, 4) is 0 Å². The zero-order chi connectivity index (χ0) is 18.4. The highest BCUT2D eigenvalue weighted by atomic mass is 79.9. The van der Waals surface area contributed by atoms with Gasteiger partial charge in [0.2, 0.25) is 0 Å². The lowest BCUT2D eigenvalue weighted by Crippen LogP contribution is -2.35. The Morgan fingerprint density at radius 1 is 1.28 bits per heavy atom. The van der Waals surface area contributed by atoms with Crippen LogP contribution < -0.4 is 0 Å². The van der Waals surface area contributed by atoms with Crippen molar-refractivity contribution in [1.29, 1.82) is 0 Å². The molecule has 1 aromatic carbocycles. The Bertz CT molecular complexity index is 719. The fraction of sp³-hybridized carbons (Fsp3) is 0.412. The van der Waals surface area contributed by atoms with Gasteiger partial charge in [0.15, 0.2) is 5.84 Å². The summed E-state index contributed by atoms with van der Waals surface area (Å²) in [4.78, 5) is 22.1. The maximum atomic E-state index is 10.8. The van der Waals surface area contributed by atoms with Crippen LogP contribution in [0.5, 0.6) is 0 Å². The fourth-order valence-corrected chi connectivity index (χ4v) is 3.56. The average molecular weight is 425 g/mol. The van der Waals surface area contributed by atoms with E-state index in [9.17, 15) is 10.1 Å². The first-order chi connectivity index (χ1) is 12.0. The van der Waals surface area contributed by atoms with E-state index in [-0.39, 0.29) is 5.69 Å². The lowest BCUT2D eigenvalue weighted by Gasteiger charge is -2.23. The number of hydrogen-bond donors (Lipinski definition) is 0. The van der Waals surface area contributed by atoms with Crippen molar-refractivity contribution < 1.29 is 4.92 Å². The molecule has 8 heteroatoms. The predicted octanol–water partition coefficient (Wildman–Crippen LogP) is 5.48. The van der Waals surface area contributed by atoms with Crippen LogP contribution in [0.2, 0.25) is 0 Å². The molecule has 1 heterocycles. The van der Waals surface area contributed by atoms with Crippen LogP contribution in [-0.4, -0.2) is 33.8 Å². The predicted molar refractivity (Wildman–Crippen MR) is 109 cm³/mol. The van der Waals surface area contributed by atoms with Crippen molar-refractivity contribution in [2.45, 2.75) is 33.6 Å². The van der Waals surface area contributed by atoms with Crippen molar-refractivity contribution in [3.63, 3.8) is 0 Å². The van der Waals surface area contributed by atoms with Gasteiger partial charge in [0, 0.05) is 29.7 Å². The summed E-state index contributed by atoms with van der Waals surface area (Å²) in [6.45, 7) is 8.08. The summed E-state index contributed by atoms with van der Waals surface area (Å²) < 4.78 is 0.969. The van der Waals surface area contributed by atoms with Gasteiger partial charge in [-0.1, -0.05) is 29.8 Å². The summed E-state index contributed by atoms with van der Waals surface area (Å²) in [7, 11) is 0. The number of nitro benzene ring substituents is 1. The number of nitrogens with zero attached hydrogens (tertiary/aromatic N) is 4. The zero-order valence-electron chi connectivity index (χ0n) is 14.5. The Labute approximate surface area is 160 Å². The summed E-state index contributed by atoms with van der Waals surface area (Å²) in [6, 6.07) is 6.27. The molecule has 0 spiro atoms. The third-order valence-corrected chi connectivity index (χ3v) is 5.16. The molecule has 6 nitrogen and oxygen atoms in total. The van der Waals surface area contributed by atoms with E-state index in [1.807, 2.05) is 6.92 Å². The number of halogens is 1. The van der Waals surface area contributed by atoms with Crippen LogP contribution in [0.3, 0.4) is 0 Å². The van der Waals surface area contributed by atoms with E-state index in [1.165, 1.54) is 23.9 Å². The summed E-state index contributed by atoms with van der Waals surface area (Å²) in [6.07, 6.45) is 2.06.